The lowest BCUT2D eigenvalue weighted by molar-refractivity contribution is -0.151. The van der Waals surface area contributed by atoms with Crippen LogP contribution < -0.4 is 0 Å². The largest absolute Gasteiger partial charge is 0.392 e. The highest BCUT2D eigenvalue weighted by atomic mass is 32.3. The lowest BCUT2D eigenvalue weighted by Gasteiger charge is -1.93. The van der Waals surface area contributed by atoms with Gasteiger partial charge in [0.15, 0.2) is 5.25 Å². The molecule has 1 aliphatic rings. The number of hydrogen-bond acceptors (Lipinski definition) is 5. The third kappa shape index (κ3) is 1.53. The van der Waals surface area contributed by atoms with E-state index in [1.807, 2.05) is 0 Å². The Balaban J connectivity index is 2.94. The summed E-state index contributed by atoms with van der Waals surface area (Å²) in [7, 11) is -4.98. The Labute approximate surface area is 61.4 Å². The van der Waals surface area contributed by atoms with E-state index in [1.165, 1.54) is 0 Å². The van der Waals surface area contributed by atoms with Crippen LogP contribution in [0.4, 0.5) is 3.89 Å². The fourth-order valence-electron chi connectivity index (χ4n) is 0.669. The third-order valence-corrected chi connectivity index (χ3v) is 2.21. The predicted octanol–water partition coefficient (Wildman–Crippen LogP) is -0.872. The van der Waals surface area contributed by atoms with Crippen molar-refractivity contribution in [3.63, 3.8) is 0 Å². The zero-order valence-electron chi connectivity index (χ0n) is 5.11. The number of hydrogen-bond donors (Lipinski definition) is 0. The lowest BCUT2D eigenvalue weighted by atomic mass is 10.4. The second-order valence-corrected chi connectivity index (χ2v) is 3.48. The van der Waals surface area contributed by atoms with Crippen molar-refractivity contribution in [3.8, 4) is 0 Å². The third-order valence-electron chi connectivity index (χ3n) is 1.17. The van der Waals surface area contributed by atoms with Crippen molar-refractivity contribution in [2.45, 2.75) is 11.7 Å². The molecule has 7 heteroatoms. The zero-order chi connectivity index (χ0) is 8.65. The minimum absolute atomic E-state index is 0.725. The number of ether oxygens (including phenoxy) is 1. The Morgan fingerprint density at radius 2 is 2.00 bits per heavy atom. The van der Waals surface area contributed by atoms with Crippen LogP contribution in [0.1, 0.15) is 6.42 Å². The first-order valence-corrected chi connectivity index (χ1v) is 4.04. The molecule has 0 spiro atoms. The van der Waals surface area contributed by atoms with Crippen LogP contribution in [0.25, 0.3) is 0 Å². The van der Waals surface area contributed by atoms with E-state index in [0.29, 0.717) is 0 Å². The van der Waals surface area contributed by atoms with E-state index in [-0.39, 0.29) is 0 Å². The second-order valence-electron chi connectivity index (χ2n) is 1.96. The fourth-order valence-corrected chi connectivity index (χ4v) is 1.28. The number of esters is 2. The van der Waals surface area contributed by atoms with Crippen LogP contribution >= 0.6 is 0 Å². The summed E-state index contributed by atoms with van der Waals surface area (Å²) in [5, 5.41) is -1.95. The van der Waals surface area contributed by atoms with Gasteiger partial charge in [0.2, 0.25) is 0 Å². The molecule has 0 bridgehead atoms. The van der Waals surface area contributed by atoms with E-state index in [9.17, 15) is 21.9 Å². The van der Waals surface area contributed by atoms with Crippen LogP contribution in [0, 0.1) is 0 Å². The summed E-state index contributed by atoms with van der Waals surface area (Å²) in [5.41, 5.74) is 0. The monoisotopic (exact) mass is 182 g/mol. The van der Waals surface area contributed by atoms with Gasteiger partial charge in [0.05, 0.1) is 6.42 Å². The molecule has 1 atom stereocenters. The first-order chi connectivity index (χ1) is 4.91. The van der Waals surface area contributed by atoms with Crippen LogP contribution in [0.3, 0.4) is 0 Å². The Bertz CT molecular complexity index is 304. The van der Waals surface area contributed by atoms with Crippen molar-refractivity contribution in [2.24, 2.45) is 0 Å². The van der Waals surface area contributed by atoms with Gasteiger partial charge in [-0.05, 0) is 0 Å². The first-order valence-electron chi connectivity index (χ1n) is 2.59. The molecule has 0 radical (unpaired) electrons. The van der Waals surface area contributed by atoms with Gasteiger partial charge in [0, 0.05) is 0 Å². The van der Waals surface area contributed by atoms with Gasteiger partial charge in [-0.2, -0.15) is 8.42 Å². The zero-order valence-corrected chi connectivity index (χ0v) is 5.93. The van der Waals surface area contributed by atoms with Crippen LogP contribution in [0.2, 0.25) is 0 Å². The van der Waals surface area contributed by atoms with Crippen LogP contribution in [0.15, 0.2) is 0 Å². The predicted molar refractivity (Wildman–Crippen MR) is 29.5 cm³/mol. The average molecular weight is 182 g/mol. The van der Waals surface area contributed by atoms with Gasteiger partial charge in [-0.3, -0.25) is 9.59 Å². The molecule has 11 heavy (non-hydrogen) atoms. The normalized spacial score (nSPS) is 25.4. The number of carbonyl (C=O) groups is 2. The summed E-state index contributed by atoms with van der Waals surface area (Å²) in [4.78, 5) is 20.6. The van der Waals surface area contributed by atoms with Crippen LogP contribution in [-0.2, 0) is 24.5 Å². The van der Waals surface area contributed by atoms with E-state index in [4.69, 9.17) is 0 Å². The molecular weight excluding hydrogens is 179 g/mol. The van der Waals surface area contributed by atoms with E-state index >= 15 is 0 Å². The molecule has 0 aliphatic carbocycles. The summed E-state index contributed by atoms with van der Waals surface area (Å²) in [6.45, 7) is 0. The van der Waals surface area contributed by atoms with Gasteiger partial charge in [-0.15, -0.1) is 3.89 Å². The van der Waals surface area contributed by atoms with E-state index < -0.39 is 33.8 Å². The van der Waals surface area contributed by atoms with Crippen LogP contribution in [-0.4, -0.2) is 25.6 Å². The molecule has 0 saturated carbocycles. The SMILES string of the molecule is O=C1CC(S(=O)(=O)F)C(=O)O1. The van der Waals surface area contributed by atoms with Crippen LogP contribution in [0.5, 0.6) is 0 Å². The molecule has 0 aromatic heterocycles. The standard InChI is InChI=1S/C4H3FO5S/c5-11(8,9)2-1-3(6)10-4(2)7/h2H,1H2. The fraction of sp³-hybridized carbons (Fsp3) is 0.500. The number of cyclic esters (lactones) is 2. The van der Waals surface area contributed by atoms with E-state index in [0.717, 1.165) is 0 Å². The number of carbonyl (C=O) groups excluding carboxylic acids is 2. The Kier molecular flexibility index (Phi) is 1.67. The van der Waals surface area contributed by atoms with E-state index in [1.54, 1.807) is 0 Å². The molecular formula is C4H3FO5S. The Morgan fingerprint density at radius 3 is 2.18 bits per heavy atom. The van der Waals surface area contributed by atoms with Gasteiger partial charge < -0.3 is 4.74 Å². The summed E-state index contributed by atoms with van der Waals surface area (Å²) >= 11 is 0. The molecule has 1 rings (SSSR count). The lowest BCUT2D eigenvalue weighted by Crippen LogP contribution is -2.21. The maximum Gasteiger partial charge on any atom is 0.335 e. The number of rotatable bonds is 1. The smallest absolute Gasteiger partial charge is 0.335 e. The topological polar surface area (TPSA) is 77.5 Å². The molecule has 62 valence electrons. The highest BCUT2D eigenvalue weighted by molar-refractivity contribution is 7.87. The average Bonchev–Trinajstić information content (AvgIpc) is 2.08. The molecule has 0 amide bonds. The molecule has 0 aromatic rings. The summed E-state index contributed by atoms with van der Waals surface area (Å²) in [5.74, 6) is -2.35. The van der Waals surface area contributed by atoms with Crippen molar-refractivity contribution in [3.05, 3.63) is 0 Å². The second kappa shape index (κ2) is 2.26. The summed E-state index contributed by atoms with van der Waals surface area (Å²) in [6.07, 6.45) is -0.725. The maximum atomic E-state index is 12.0. The maximum absolute atomic E-state index is 12.0. The van der Waals surface area contributed by atoms with E-state index in [2.05, 4.69) is 4.74 Å². The Morgan fingerprint density at radius 1 is 1.45 bits per heavy atom. The van der Waals surface area contributed by atoms with Gasteiger partial charge in [0.25, 0.3) is 0 Å². The molecule has 1 unspecified atom stereocenters. The van der Waals surface area contributed by atoms with Gasteiger partial charge in [-0.1, -0.05) is 0 Å². The highest BCUT2D eigenvalue weighted by Crippen LogP contribution is 2.17. The molecule has 1 aliphatic heterocycles. The summed E-state index contributed by atoms with van der Waals surface area (Å²) in [6, 6.07) is 0. The van der Waals surface area contributed by atoms with Crippen molar-refractivity contribution in [1.29, 1.82) is 0 Å². The van der Waals surface area contributed by atoms with Gasteiger partial charge in [0.1, 0.15) is 0 Å². The molecule has 1 heterocycles. The van der Waals surface area contributed by atoms with Gasteiger partial charge >= 0.3 is 22.2 Å². The van der Waals surface area contributed by atoms with Gasteiger partial charge in [-0.25, -0.2) is 0 Å². The van der Waals surface area contributed by atoms with Crippen molar-refractivity contribution in [2.75, 3.05) is 0 Å². The highest BCUT2D eigenvalue weighted by Gasteiger charge is 2.43. The minimum atomic E-state index is -4.98. The molecule has 1 saturated heterocycles. The first kappa shape index (κ1) is 8.12. The summed E-state index contributed by atoms with van der Waals surface area (Å²) < 4.78 is 36.0. The minimum Gasteiger partial charge on any atom is -0.392 e. The molecule has 0 N–H and O–H groups in total. The van der Waals surface area contributed by atoms with Crippen molar-refractivity contribution in [1.82, 2.24) is 0 Å². The number of halogens is 1. The molecule has 5 nitrogen and oxygen atoms in total. The quantitative estimate of drug-likeness (QED) is 0.299. The van der Waals surface area contributed by atoms with Crippen molar-refractivity contribution < 1.29 is 26.6 Å². The Hall–Kier alpha value is -0.980. The molecule has 1 fully saturated rings. The van der Waals surface area contributed by atoms with Crippen molar-refractivity contribution >= 4 is 22.2 Å². The molecule has 0 aromatic carbocycles.